The van der Waals surface area contributed by atoms with E-state index in [9.17, 15) is 14.7 Å². The molecule has 1 aromatic rings. The van der Waals surface area contributed by atoms with Crippen molar-refractivity contribution in [3.05, 3.63) is 28.3 Å². The molecule has 0 atom stereocenters. The van der Waals surface area contributed by atoms with E-state index in [0.29, 0.717) is 5.02 Å². The smallest absolute Gasteiger partial charge is 0.149 e. The standard InChI is InChI=1S/C12H14ClNO3/c1-7-4-10(13)11(5-8(7)2)14(12(16)17)6-9(3)15/h4-5H,6H2,1-3H3,(H,16,17)/p-1. The number of anilines is 1. The first-order valence-electron chi connectivity index (χ1n) is 5.07. The zero-order valence-corrected chi connectivity index (χ0v) is 10.7. The summed E-state index contributed by atoms with van der Waals surface area (Å²) in [5.74, 6) is -0.275. The maximum atomic E-state index is 11.0. The van der Waals surface area contributed by atoms with Crippen LogP contribution in [0.4, 0.5) is 10.5 Å². The summed E-state index contributed by atoms with van der Waals surface area (Å²) in [4.78, 5) is 22.9. The zero-order valence-electron chi connectivity index (χ0n) is 9.91. The number of carboxylic acid groups (broad SMARTS) is 1. The number of ketones is 1. The third-order valence-electron chi connectivity index (χ3n) is 2.46. The van der Waals surface area contributed by atoms with Gasteiger partial charge in [0.05, 0.1) is 17.3 Å². The van der Waals surface area contributed by atoms with Gasteiger partial charge in [-0.15, -0.1) is 0 Å². The minimum absolute atomic E-state index is 0.259. The number of aryl methyl sites for hydroxylation is 2. The van der Waals surface area contributed by atoms with Gasteiger partial charge < -0.3 is 14.8 Å². The summed E-state index contributed by atoms with van der Waals surface area (Å²) < 4.78 is 0. The van der Waals surface area contributed by atoms with E-state index in [1.807, 2.05) is 13.8 Å². The Morgan fingerprint density at radius 3 is 2.29 bits per heavy atom. The lowest BCUT2D eigenvalue weighted by molar-refractivity contribution is -0.246. The Kier molecular flexibility index (Phi) is 4.12. The molecule has 0 heterocycles. The van der Waals surface area contributed by atoms with Crippen molar-refractivity contribution in [2.24, 2.45) is 0 Å². The number of Topliss-reactive ketones (excluding diaryl/α,β-unsaturated/α-hetero) is 1. The summed E-state index contributed by atoms with van der Waals surface area (Å²) in [7, 11) is 0. The molecule has 4 nitrogen and oxygen atoms in total. The highest BCUT2D eigenvalue weighted by Crippen LogP contribution is 2.28. The van der Waals surface area contributed by atoms with E-state index in [1.165, 1.54) is 6.92 Å². The molecule has 0 saturated heterocycles. The van der Waals surface area contributed by atoms with Crippen LogP contribution in [0.1, 0.15) is 18.1 Å². The molecule has 1 rings (SSSR count). The molecule has 0 bridgehead atoms. The van der Waals surface area contributed by atoms with Gasteiger partial charge in [0.2, 0.25) is 0 Å². The summed E-state index contributed by atoms with van der Waals surface area (Å²) in [5.41, 5.74) is 2.14. The Labute approximate surface area is 105 Å². The van der Waals surface area contributed by atoms with Crippen molar-refractivity contribution in [3.63, 3.8) is 0 Å². The fraction of sp³-hybridized carbons (Fsp3) is 0.333. The number of amides is 1. The van der Waals surface area contributed by atoms with Crippen molar-refractivity contribution in [2.45, 2.75) is 20.8 Å². The number of benzene rings is 1. The molecule has 0 spiro atoms. The minimum atomic E-state index is -1.44. The summed E-state index contributed by atoms with van der Waals surface area (Å²) in [6.45, 7) is 4.77. The number of halogens is 1. The number of hydrogen-bond donors (Lipinski definition) is 0. The Morgan fingerprint density at radius 1 is 1.29 bits per heavy atom. The monoisotopic (exact) mass is 254 g/mol. The van der Waals surface area contributed by atoms with Crippen molar-refractivity contribution >= 4 is 29.2 Å². The van der Waals surface area contributed by atoms with E-state index in [1.54, 1.807) is 12.1 Å². The molecule has 0 N–H and O–H groups in total. The van der Waals surface area contributed by atoms with Crippen LogP contribution >= 0.6 is 11.6 Å². The molecule has 5 heteroatoms. The Hall–Kier alpha value is -1.55. The van der Waals surface area contributed by atoms with E-state index < -0.39 is 6.09 Å². The fourth-order valence-corrected chi connectivity index (χ4v) is 1.76. The highest BCUT2D eigenvalue weighted by Gasteiger charge is 2.14. The Bertz CT molecular complexity index is 471. The quantitative estimate of drug-likeness (QED) is 0.825. The van der Waals surface area contributed by atoms with Crippen LogP contribution in [-0.2, 0) is 4.79 Å². The zero-order chi connectivity index (χ0) is 13.2. The molecular formula is C12H13ClNO3-. The summed E-state index contributed by atoms with van der Waals surface area (Å²) in [6, 6.07) is 3.30. The van der Waals surface area contributed by atoms with Crippen LogP contribution in [0.25, 0.3) is 0 Å². The van der Waals surface area contributed by atoms with E-state index in [4.69, 9.17) is 11.6 Å². The highest BCUT2D eigenvalue weighted by molar-refractivity contribution is 6.33. The van der Waals surface area contributed by atoms with Crippen LogP contribution in [0.15, 0.2) is 12.1 Å². The van der Waals surface area contributed by atoms with Crippen molar-refractivity contribution in [1.82, 2.24) is 0 Å². The number of hydrogen-bond acceptors (Lipinski definition) is 3. The average molecular weight is 255 g/mol. The molecule has 0 aliphatic heterocycles. The summed E-state index contributed by atoms with van der Waals surface area (Å²) in [5, 5.41) is 11.3. The van der Waals surface area contributed by atoms with Gasteiger partial charge in [-0.2, -0.15) is 0 Å². The fourth-order valence-electron chi connectivity index (χ4n) is 1.44. The lowest BCUT2D eigenvalue weighted by atomic mass is 10.1. The molecular weight excluding hydrogens is 242 g/mol. The van der Waals surface area contributed by atoms with E-state index >= 15 is 0 Å². The number of nitrogens with zero attached hydrogens (tertiary/aromatic N) is 1. The second-order valence-electron chi connectivity index (χ2n) is 3.94. The number of rotatable bonds is 3. The van der Waals surface area contributed by atoms with Crippen LogP contribution in [0.3, 0.4) is 0 Å². The molecule has 0 unspecified atom stereocenters. The lowest BCUT2D eigenvalue weighted by Gasteiger charge is -2.25. The molecule has 0 aliphatic carbocycles. The first kappa shape index (κ1) is 13.5. The molecule has 0 saturated carbocycles. The maximum absolute atomic E-state index is 11.0. The van der Waals surface area contributed by atoms with Gasteiger partial charge in [0.25, 0.3) is 0 Å². The first-order chi connectivity index (χ1) is 7.82. The van der Waals surface area contributed by atoms with Gasteiger partial charge in [-0.25, -0.2) is 0 Å². The van der Waals surface area contributed by atoms with Crippen LogP contribution in [0.2, 0.25) is 5.02 Å². The number of carbonyl (C=O) groups is 2. The summed E-state index contributed by atoms with van der Waals surface area (Å²) in [6.07, 6.45) is -1.44. The third-order valence-corrected chi connectivity index (χ3v) is 2.76. The van der Waals surface area contributed by atoms with Crippen LogP contribution in [0.5, 0.6) is 0 Å². The molecule has 1 amide bonds. The number of carbonyl (C=O) groups excluding carboxylic acids is 2. The van der Waals surface area contributed by atoms with Gasteiger partial charge in [-0.3, -0.25) is 4.79 Å². The molecule has 1 aromatic carbocycles. The third kappa shape index (κ3) is 3.20. The largest absolute Gasteiger partial charge is 0.530 e. The van der Waals surface area contributed by atoms with Gasteiger partial charge in [0, 0.05) is 0 Å². The molecule has 0 aromatic heterocycles. The lowest BCUT2D eigenvalue weighted by Crippen LogP contribution is -2.44. The second-order valence-corrected chi connectivity index (χ2v) is 4.35. The predicted molar refractivity (Wildman–Crippen MR) is 64.3 cm³/mol. The highest BCUT2D eigenvalue weighted by atomic mass is 35.5. The van der Waals surface area contributed by atoms with E-state index in [0.717, 1.165) is 16.0 Å². The minimum Gasteiger partial charge on any atom is -0.530 e. The van der Waals surface area contributed by atoms with Crippen molar-refractivity contribution in [2.75, 3.05) is 11.4 Å². The van der Waals surface area contributed by atoms with Gasteiger partial charge in [0.1, 0.15) is 11.9 Å². The summed E-state index contributed by atoms with van der Waals surface area (Å²) >= 11 is 5.98. The normalized spacial score (nSPS) is 10.1. The van der Waals surface area contributed by atoms with Gasteiger partial charge in [-0.1, -0.05) is 11.6 Å². The SMILES string of the molecule is CC(=O)CN(C(=O)[O-])c1cc(C)c(C)cc1Cl. The molecule has 17 heavy (non-hydrogen) atoms. The second kappa shape index (κ2) is 5.19. The predicted octanol–water partition coefficient (Wildman–Crippen LogP) is 1.70. The van der Waals surface area contributed by atoms with Crippen LogP contribution < -0.4 is 10.0 Å². The Balaban J connectivity index is 3.23. The van der Waals surface area contributed by atoms with Crippen molar-refractivity contribution < 1.29 is 14.7 Å². The van der Waals surface area contributed by atoms with E-state index in [-0.39, 0.29) is 18.0 Å². The topological polar surface area (TPSA) is 60.4 Å². The molecule has 0 radical (unpaired) electrons. The molecule has 92 valence electrons. The van der Waals surface area contributed by atoms with Crippen molar-refractivity contribution in [3.8, 4) is 0 Å². The van der Waals surface area contributed by atoms with Crippen molar-refractivity contribution in [1.29, 1.82) is 0 Å². The van der Waals surface area contributed by atoms with Gasteiger partial charge in [-0.05, 0) is 44.0 Å². The maximum Gasteiger partial charge on any atom is 0.149 e. The molecule has 0 fully saturated rings. The van der Waals surface area contributed by atoms with Crippen LogP contribution in [-0.4, -0.2) is 18.4 Å². The molecule has 0 aliphatic rings. The van der Waals surface area contributed by atoms with E-state index in [2.05, 4.69) is 0 Å². The van der Waals surface area contributed by atoms with Gasteiger partial charge in [0.15, 0.2) is 0 Å². The average Bonchev–Trinajstić information content (AvgIpc) is 2.20. The first-order valence-corrected chi connectivity index (χ1v) is 5.45. The van der Waals surface area contributed by atoms with Crippen LogP contribution in [0, 0.1) is 13.8 Å². The Morgan fingerprint density at radius 2 is 1.82 bits per heavy atom. The van der Waals surface area contributed by atoms with Gasteiger partial charge >= 0.3 is 0 Å².